The number of nitro benzene ring substituents is 2. The third-order valence-corrected chi connectivity index (χ3v) is 11.1. The van der Waals surface area contributed by atoms with Crippen LogP contribution in [-0.4, -0.2) is 30.3 Å². The van der Waals surface area contributed by atoms with Crippen molar-refractivity contribution in [3.8, 4) is 23.0 Å². The largest absolute Gasteiger partial charge is 2.00 e. The van der Waals surface area contributed by atoms with E-state index in [9.17, 15) is 46.6 Å². The Labute approximate surface area is 479 Å². The quantitative estimate of drug-likeness (QED) is 0.0574. The van der Waals surface area contributed by atoms with Gasteiger partial charge >= 0.3 is 64.8 Å². The Balaban J connectivity index is 0. The van der Waals surface area contributed by atoms with Gasteiger partial charge in [-0.15, -0.1) is 0 Å². The van der Waals surface area contributed by atoms with Crippen LogP contribution in [0.2, 0.25) is 0 Å². The summed E-state index contributed by atoms with van der Waals surface area (Å²) in [6, 6.07) is 36.3. The molecule has 0 spiro atoms. The second-order valence-corrected chi connectivity index (χ2v) is 17.0. The maximum atomic E-state index is 11.9. The van der Waals surface area contributed by atoms with E-state index in [1.165, 1.54) is 140 Å². The van der Waals surface area contributed by atoms with Crippen molar-refractivity contribution in [1.29, 1.82) is 0 Å². The van der Waals surface area contributed by atoms with Crippen molar-refractivity contribution in [3.05, 3.63) is 244 Å². The molecule has 76 heavy (non-hydrogen) atoms. The smallest absolute Gasteiger partial charge is 0.508 e. The predicted molar refractivity (Wildman–Crippen MR) is 281 cm³/mol. The van der Waals surface area contributed by atoms with Crippen molar-refractivity contribution >= 4 is 11.4 Å². The number of alkyl halides is 6. The molecular formula is C58H64F6N2O8Zr2. The molecule has 8 rings (SSSR count). The molecule has 0 fully saturated rings. The summed E-state index contributed by atoms with van der Waals surface area (Å²) in [7, 11) is 0. The molecule has 0 saturated heterocycles. The van der Waals surface area contributed by atoms with Crippen LogP contribution in [0.3, 0.4) is 0 Å². The second kappa shape index (κ2) is 34.3. The molecule has 0 atom stereocenters. The van der Waals surface area contributed by atoms with Gasteiger partial charge in [0.05, 0.1) is 21.0 Å². The van der Waals surface area contributed by atoms with Crippen molar-refractivity contribution < 1.29 is 109 Å². The van der Waals surface area contributed by atoms with Crippen LogP contribution < -0.4 is 0 Å². The van der Waals surface area contributed by atoms with Crippen molar-refractivity contribution in [1.82, 2.24) is 0 Å². The average molecular weight is 1210 g/mol. The van der Waals surface area contributed by atoms with Crippen molar-refractivity contribution in [2.24, 2.45) is 0 Å². The SMILES string of the molecule is Cc1cc(C)[c-](C)c1.Cc1cc(C)[c-](C)c1.Cc1cc[c-](C)c1C.Cc1cc[c-](C)c1C.O=[N+]([O-])c1ccc(O)cc1.O=[N+]([O-])c1ccc(O)cc1.Oc1ccccc1C(F)(F)F.Oc1ccccc1C(F)(F)F.[Zr+2].[Zr+2]. The van der Waals surface area contributed by atoms with Crippen LogP contribution in [0.15, 0.2) is 146 Å². The second-order valence-electron chi connectivity index (χ2n) is 17.0. The zero-order valence-electron chi connectivity index (χ0n) is 44.4. The van der Waals surface area contributed by atoms with Gasteiger partial charge < -0.3 is 20.4 Å². The molecule has 0 aliphatic rings. The summed E-state index contributed by atoms with van der Waals surface area (Å²) in [5.41, 5.74) is 14.8. The standard InChI is InChI=1S/4C8H11.2C7H5F3O.2C6H5NO3.2Zr/c2*1-6-4-7(2)8(3)5-6;2*1-6-4-5-7(2)8(6)3;2*8-7(9,10)5-3-1-2-4-6(5)11;2*8-6-3-1-5(2-4-6)7(9)10;;/h4*4-5H,1-3H3;2*1-4,11H;2*1-4,8H;;/q4*-1;;;;;2*+2. The molecule has 0 aromatic heterocycles. The summed E-state index contributed by atoms with van der Waals surface area (Å²) in [6.07, 6.45) is -8.93. The van der Waals surface area contributed by atoms with E-state index in [1.807, 2.05) is 0 Å². The van der Waals surface area contributed by atoms with Gasteiger partial charge in [0.1, 0.15) is 23.0 Å². The topological polar surface area (TPSA) is 167 Å². The van der Waals surface area contributed by atoms with Gasteiger partial charge in [0.2, 0.25) is 0 Å². The molecule has 0 bridgehead atoms. The first kappa shape index (κ1) is 71.7. The first-order valence-corrected chi connectivity index (χ1v) is 22.6. The number of nitrogens with zero attached hydrogens (tertiary/aromatic N) is 2. The fourth-order valence-electron chi connectivity index (χ4n) is 6.10. The van der Waals surface area contributed by atoms with Gasteiger partial charge in [0, 0.05) is 24.3 Å². The first-order chi connectivity index (χ1) is 34.3. The summed E-state index contributed by atoms with van der Waals surface area (Å²) in [5.74, 6) is -1.41. The molecule has 0 aliphatic carbocycles. The van der Waals surface area contributed by atoms with E-state index in [0.717, 1.165) is 24.3 Å². The van der Waals surface area contributed by atoms with E-state index in [4.69, 9.17) is 20.4 Å². The van der Waals surface area contributed by atoms with Gasteiger partial charge in [-0.2, -0.15) is 106 Å². The summed E-state index contributed by atoms with van der Waals surface area (Å²) >= 11 is 0. The fourth-order valence-corrected chi connectivity index (χ4v) is 6.10. The van der Waals surface area contributed by atoms with E-state index in [2.05, 4.69) is 132 Å². The Morgan fingerprint density at radius 1 is 0.434 bits per heavy atom. The average Bonchev–Trinajstić information content (AvgIpc) is 4.00. The van der Waals surface area contributed by atoms with Crippen LogP contribution in [0, 0.1) is 103 Å². The minimum absolute atomic E-state index is 0. The Kier molecular flexibility index (Phi) is 32.4. The monoisotopic (exact) mass is 1210 g/mol. The minimum atomic E-state index is -4.47. The van der Waals surface area contributed by atoms with Gasteiger partial charge in [0.25, 0.3) is 11.4 Å². The molecule has 0 aliphatic heterocycles. The maximum Gasteiger partial charge on any atom is 2.00 e. The summed E-state index contributed by atoms with van der Waals surface area (Å²) in [6.45, 7) is 25.7. The van der Waals surface area contributed by atoms with Crippen LogP contribution in [0.4, 0.5) is 37.7 Å². The minimum Gasteiger partial charge on any atom is -0.508 e. The van der Waals surface area contributed by atoms with Gasteiger partial charge in [-0.25, -0.2) is 35.4 Å². The molecule has 404 valence electrons. The Morgan fingerprint density at radius 2 is 0.711 bits per heavy atom. The van der Waals surface area contributed by atoms with Gasteiger partial charge in [-0.3, -0.25) is 20.2 Å². The van der Waals surface area contributed by atoms with Crippen LogP contribution >= 0.6 is 0 Å². The summed E-state index contributed by atoms with van der Waals surface area (Å²) in [5, 5.41) is 55.0. The number of aryl methyl sites for hydroxylation is 10. The van der Waals surface area contributed by atoms with Crippen LogP contribution in [0.5, 0.6) is 23.0 Å². The number of aromatic hydroxyl groups is 4. The molecule has 0 amide bonds. The molecule has 8 aromatic carbocycles. The van der Waals surface area contributed by atoms with Crippen LogP contribution in [0.1, 0.15) is 77.9 Å². The summed E-state index contributed by atoms with van der Waals surface area (Å²) in [4.78, 5) is 19.0. The van der Waals surface area contributed by atoms with Crippen molar-refractivity contribution in [2.45, 2.75) is 95.4 Å². The molecule has 18 heteroatoms. The third-order valence-electron chi connectivity index (χ3n) is 11.1. The van der Waals surface area contributed by atoms with E-state index in [0.29, 0.717) is 0 Å². The van der Waals surface area contributed by atoms with Gasteiger partial charge in [0.15, 0.2) is 0 Å². The van der Waals surface area contributed by atoms with Crippen LogP contribution in [0.25, 0.3) is 0 Å². The number of hydrogen-bond acceptors (Lipinski definition) is 8. The zero-order chi connectivity index (χ0) is 56.7. The number of para-hydroxylation sites is 2. The first-order valence-electron chi connectivity index (χ1n) is 22.6. The van der Waals surface area contributed by atoms with Crippen molar-refractivity contribution in [2.75, 3.05) is 0 Å². The third kappa shape index (κ3) is 26.9. The van der Waals surface area contributed by atoms with E-state index < -0.39 is 44.8 Å². The number of halogens is 6. The molecule has 0 saturated carbocycles. The molecule has 10 nitrogen and oxygen atoms in total. The number of benzene rings is 4. The molecule has 0 unspecified atom stereocenters. The molecule has 4 N–H and O–H groups in total. The zero-order valence-corrected chi connectivity index (χ0v) is 49.4. The molecule has 8 aromatic rings. The van der Waals surface area contributed by atoms with E-state index in [-0.39, 0.29) is 75.3 Å². The Morgan fingerprint density at radius 3 is 0.842 bits per heavy atom. The number of phenolic OH excluding ortho intramolecular Hbond substituents is 4. The van der Waals surface area contributed by atoms with Crippen molar-refractivity contribution in [3.63, 3.8) is 0 Å². The Bertz CT molecular complexity index is 2670. The predicted octanol–water partition coefficient (Wildman–Crippen LogP) is 16.7. The Hall–Kier alpha value is -6.37. The number of phenols is 4. The van der Waals surface area contributed by atoms with E-state index in [1.54, 1.807) is 0 Å². The maximum absolute atomic E-state index is 11.9. The number of hydrogen-bond donors (Lipinski definition) is 4. The summed E-state index contributed by atoms with van der Waals surface area (Å²) < 4.78 is 71.3. The number of non-ortho nitro benzene ring substituents is 2. The van der Waals surface area contributed by atoms with Gasteiger partial charge in [-0.05, 0) is 48.5 Å². The number of rotatable bonds is 2. The van der Waals surface area contributed by atoms with E-state index >= 15 is 0 Å². The molecule has 0 radical (unpaired) electrons. The van der Waals surface area contributed by atoms with Crippen LogP contribution in [-0.2, 0) is 64.8 Å². The van der Waals surface area contributed by atoms with Gasteiger partial charge in [-0.1, -0.05) is 107 Å². The fraction of sp³-hybridized carbons (Fsp3) is 0.241. The molecule has 0 heterocycles. The number of nitro groups is 2. The molecular weight excluding hydrogens is 1150 g/mol. The normalized spacial score (nSPS) is 9.92.